The molecule has 0 saturated carbocycles. The Bertz CT molecular complexity index is 907. The van der Waals surface area contributed by atoms with Crippen molar-refractivity contribution in [3.8, 4) is 0 Å². The molecule has 2 aromatic carbocycles. The molecule has 5 nitrogen and oxygen atoms in total. The Balaban J connectivity index is 1.79. The van der Waals surface area contributed by atoms with Gasteiger partial charge in [0.2, 0.25) is 15.9 Å². The predicted molar refractivity (Wildman–Crippen MR) is 97.9 cm³/mol. The van der Waals surface area contributed by atoms with Gasteiger partial charge >= 0.3 is 0 Å². The summed E-state index contributed by atoms with van der Waals surface area (Å²) in [5.74, 6) is -0.163. The number of aryl methyl sites for hydroxylation is 2. The van der Waals surface area contributed by atoms with Crippen LogP contribution >= 0.6 is 0 Å². The van der Waals surface area contributed by atoms with Gasteiger partial charge in [0.05, 0.1) is 4.90 Å². The third-order valence-corrected chi connectivity index (χ3v) is 5.96. The number of benzene rings is 2. The summed E-state index contributed by atoms with van der Waals surface area (Å²) in [6, 6.07) is 12.1. The summed E-state index contributed by atoms with van der Waals surface area (Å²) in [4.78, 5) is 11.5. The van der Waals surface area contributed by atoms with Gasteiger partial charge < -0.3 is 5.32 Å². The molecule has 1 atom stereocenters. The molecule has 1 aliphatic rings. The maximum atomic E-state index is 12.7. The fraction of sp³-hybridized carbons (Fsp3) is 0.316. The van der Waals surface area contributed by atoms with Crippen LogP contribution in [-0.4, -0.2) is 14.3 Å². The Morgan fingerprint density at radius 2 is 1.84 bits per heavy atom. The van der Waals surface area contributed by atoms with E-state index in [1.165, 1.54) is 12.5 Å². The molecule has 1 aliphatic carbocycles. The van der Waals surface area contributed by atoms with Gasteiger partial charge in [0.1, 0.15) is 0 Å². The fourth-order valence-electron chi connectivity index (χ4n) is 3.17. The van der Waals surface area contributed by atoms with E-state index in [1.807, 2.05) is 12.1 Å². The van der Waals surface area contributed by atoms with Crippen LogP contribution in [-0.2, 0) is 27.7 Å². The maximum Gasteiger partial charge on any atom is 0.241 e. The van der Waals surface area contributed by atoms with E-state index in [9.17, 15) is 13.2 Å². The second-order valence-corrected chi connectivity index (χ2v) is 8.15. The Morgan fingerprint density at radius 1 is 1.08 bits per heavy atom. The first-order valence-electron chi connectivity index (χ1n) is 8.37. The van der Waals surface area contributed by atoms with Crippen LogP contribution in [0, 0.1) is 0 Å². The molecule has 0 bridgehead atoms. The lowest BCUT2D eigenvalue weighted by Gasteiger charge is -2.16. The highest BCUT2D eigenvalue weighted by Crippen LogP contribution is 2.26. The van der Waals surface area contributed by atoms with E-state index in [4.69, 9.17) is 0 Å². The average Bonchev–Trinajstić information content (AvgIpc) is 3.01. The second-order valence-electron chi connectivity index (χ2n) is 6.43. The first kappa shape index (κ1) is 17.6. The van der Waals surface area contributed by atoms with Gasteiger partial charge in [0, 0.05) is 18.7 Å². The van der Waals surface area contributed by atoms with Gasteiger partial charge in [-0.05, 0) is 67.1 Å². The Morgan fingerprint density at radius 3 is 2.60 bits per heavy atom. The molecule has 0 spiro atoms. The van der Waals surface area contributed by atoms with Crippen LogP contribution < -0.4 is 10.0 Å². The zero-order valence-electron chi connectivity index (χ0n) is 14.4. The fourth-order valence-corrected chi connectivity index (χ4v) is 4.46. The number of nitrogens with one attached hydrogen (secondary N) is 2. The Hall–Kier alpha value is -2.18. The molecule has 132 valence electrons. The van der Waals surface area contributed by atoms with Crippen LogP contribution in [0.5, 0.6) is 0 Å². The molecule has 2 N–H and O–H groups in total. The lowest BCUT2D eigenvalue weighted by molar-refractivity contribution is -0.114. The van der Waals surface area contributed by atoms with Crippen LogP contribution in [0.1, 0.15) is 43.0 Å². The third kappa shape index (κ3) is 4.08. The highest BCUT2D eigenvalue weighted by molar-refractivity contribution is 7.89. The highest BCUT2D eigenvalue weighted by Gasteiger charge is 2.21. The standard InChI is InChI=1S/C19H22N2O3S/c1-13(16-6-4-8-18(11-16)20-14(2)22)21-25(23,24)19-10-9-15-5-3-7-17(15)12-19/h4,6,8-13,21H,3,5,7H2,1-2H3,(H,20,22)/t13-/m1/s1. The molecule has 0 aromatic heterocycles. The van der Waals surface area contributed by atoms with Gasteiger partial charge in [0.15, 0.2) is 0 Å². The molecule has 0 radical (unpaired) electrons. The SMILES string of the molecule is CC(=O)Nc1cccc([C@@H](C)NS(=O)(=O)c2ccc3c(c2)CCC3)c1. The van der Waals surface area contributed by atoms with E-state index >= 15 is 0 Å². The van der Waals surface area contributed by atoms with Crippen molar-refractivity contribution in [2.75, 3.05) is 5.32 Å². The maximum absolute atomic E-state index is 12.7. The Kier molecular flexibility index (Phi) is 4.92. The van der Waals surface area contributed by atoms with E-state index in [-0.39, 0.29) is 5.91 Å². The van der Waals surface area contributed by atoms with Gasteiger partial charge in [-0.25, -0.2) is 13.1 Å². The summed E-state index contributed by atoms with van der Waals surface area (Å²) in [5.41, 5.74) is 3.81. The molecule has 0 aliphatic heterocycles. The zero-order valence-corrected chi connectivity index (χ0v) is 15.2. The summed E-state index contributed by atoms with van der Waals surface area (Å²) in [6.45, 7) is 3.23. The van der Waals surface area contributed by atoms with Crippen molar-refractivity contribution in [3.63, 3.8) is 0 Å². The molecule has 0 fully saturated rings. The van der Waals surface area contributed by atoms with E-state index in [1.54, 1.807) is 37.3 Å². The van der Waals surface area contributed by atoms with Crippen molar-refractivity contribution in [3.05, 3.63) is 59.2 Å². The molecule has 3 rings (SSSR count). The van der Waals surface area contributed by atoms with Crippen molar-refractivity contribution >= 4 is 21.6 Å². The normalized spacial score (nSPS) is 14.8. The number of hydrogen-bond donors (Lipinski definition) is 2. The van der Waals surface area contributed by atoms with E-state index in [0.29, 0.717) is 10.6 Å². The van der Waals surface area contributed by atoms with Crippen LogP contribution in [0.15, 0.2) is 47.4 Å². The number of amides is 1. The smallest absolute Gasteiger partial charge is 0.241 e. The van der Waals surface area contributed by atoms with Crippen LogP contribution in [0.4, 0.5) is 5.69 Å². The van der Waals surface area contributed by atoms with E-state index in [2.05, 4.69) is 10.0 Å². The van der Waals surface area contributed by atoms with Crippen molar-refractivity contribution < 1.29 is 13.2 Å². The molecular formula is C19H22N2O3S. The molecule has 0 unspecified atom stereocenters. The molecular weight excluding hydrogens is 336 g/mol. The predicted octanol–water partition coefficient (Wildman–Crippen LogP) is 3.17. The quantitative estimate of drug-likeness (QED) is 0.862. The van der Waals surface area contributed by atoms with Gasteiger partial charge in [-0.3, -0.25) is 4.79 Å². The summed E-state index contributed by atoms with van der Waals surface area (Å²) in [5, 5.41) is 2.71. The largest absolute Gasteiger partial charge is 0.326 e. The summed E-state index contributed by atoms with van der Waals surface area (Å²) in [7, 11) is -3.60. The van der Waals surface area contributed by atoms with Crippen molar-refractivity contribution in [1.29, 1.82) is 0 Å². The molecule has 2 aromatic rings. The number of anilines is 1. The van der Waals surface area contributed by atoms with E-state index < -0.39 is 16.1 Å². The topological polar surface area (TPSA) is 75.3 Å². The van der Waals surface area contributed by atoms with Gasteiger partial charge in [-0.1, -0.05) is 18.2 Å². The summed E-state index contributed by atoms with van der Waals surface area (Å²) < 4.78 is 28.1. The van der Waals surface area contributed by atoms with Gasteiger partial charge in [0.25, 0.3) is 0 Å². The van der Waals surface area contributed by atoms with Crippen molar-refractivity contribution in [1.82, 2.24) is 4.72 Å². The highest BCUT2D eigenvalue weighted by atomic mass is 32.2. The van der Waals surface area contributed by atoms with Crippen molar-refractivity contribution in [2.45, 2.75) is 44.0 Å². The average molecular weight is 358 g/mol. The molecule has 0 saturated heterocycles. The zero-order chi connectivity index (χ0) is 18.0. The first-order valence-corrected chi connectivity index (χ1v) is 9.85. The number of hydrogen-bond acceptors (Lipinski definition) is 3. The summed E-state index contributed by atoms with van der Waals surface area (Å²) in [6.07, 6.45) is 3.04. The lowest BCUT2D eigenvalue weighted by atomic mass is 10.1. The Labute approximate surface area is 148 Å². The summed E-state index contributed by atoms with van der Waals surface area (Å²) >= 11 is 0. The van der Waals surface area contributed by atoms with Crippen molar-refractivity contribution in [2.24, 2.45) is 0 Å². The lowest BCUT2D eigenvalue weighted by Crippen LogP contribution is -2.27. The first-order chi connectivity index (χ1) is 11.8. The van der Waals surface area contributed by atoms with Gasteiger partial charge in [-0.2, -0.15) is 0 Å². The van der Waals surface area contributed by atoms with Crippen LogP contribution in [0.25, 0.3) is 0 Å². The molecule has 25 heavy (non-hydrogen) atoms. The number of sulfonamides is 1. The number of carbonyl (C=O) groups excluding carboxylic acids is 1. The van der Waals surface area contributed by atoms with Gasteiger partial charge in [-0.15, -0.1) is 0 Å². The number of fused-ring (bicyclic) bond motifs is 1. The minimum absolute atomic E-state index is 0.163. The van der Waals surface area contributed by atoms with E-state index in [0.717, 1.165) is 30.4 Å². The molecule has 0 heterocycles. The second kappa shape index (κ2) is 6.98. The van der Waals surface area contributed by atoms with Crippen LogP contribution in [0.2, 0.25) is 0 Å². The monoisotopic (exact) mass is 358 g/mol. The number of rotatable bonds is 5. The van der Waals surface area contributed by atoms with Crippen LogP contribution in [0.3, 0.4) is 0 Å². The minimum atomic E-state index is -3.60. The third-order valence-electron chi connectivity index (χ3n) is 4.42. The molecule has 1 amide bonds. The molecule has 6 heteroatoms. The minimum Gasteiger partial charge on any atom is -0.326 e. The number of carbonyl (C=O) groups is 1.